The molecule has 1 aliphatic rings. The van der Waals surface area contributed by atoms with Crippen LogP contribution in [0.2, 0.25) is 0 Å². The number of nitrogens with zero attached hydrogens (tertiary/aromatic N) is 1. The summed E-state index contributed by atoms with van der Waals surface area (Å²) in [4.78, 5) is 38.6. The summed E-state index contributed by atoms with van der Waals surface area (Å²) in [5, 5.41) is 2.72. The number of carbonyl (C=O) groups is 3. The summed E-state index contributed by atoms with van der Waals surface area (Å²) in [6.07, 6.45) is -0.131. The maximum Gasteiger partial charge on any atom is 0.308 e. The van der Waals surface area contributed by atoms with E-state index in [-0.39, 0.29) is 24.2 Å². The molecule has 6 nitrogen and oxygen atoms in total. The van der Waals surface area contributed by atoms with E-state index < -0.39 is 12.0 Å². The Morgan fingerprint density at radius 2 is 1.85 bits per heavy atom. The number of piperazine rings is 1. The highest BCUT2D eigenvalue weighted by Crippen LogP contribution is 2.18. The molecule has 1 aromatic rings. The first kappa shape index (κ1) is 19.9. The van der Waals surface area contributed by atoms with Gasteiger partial charge in [0.15, 0.2) is 0 Å². The first-order valence-electron chi connectivity index (χ1n) is 9.13. The van der Waals surface area contributed by atoms with Gasteiger partial charge in [-0.25, -0.2) is 0 Å². The molecule has 1 aromatic carbocycles. The van der Waals surface area contributed by atoms with Gasteiger partial charge in [0, 0.05) is 18.7 Å². The normalized spacial score (nSPS) is 17.4. The molecule has 0 saturated carbocycles. The smallest absolute Gasteiger partial charge is 0.308 e. The summed E-state index contributed by atoms with van der Waals surface area (Å²) in [6.45, 7) is 9.12. The van der Waals surface area contributed by atoms with E-state index in [0.29, 0.717) is 31.2 Å². The van der Waals surface area contributed by atoms with Crippen LogP contribution < -0.4 is 5.32 Å². The number of amides is 2. The van der Waals surface area contributed by atoms with E-state index in [2.05, 4.69) is 19.2 Å². The number of benzene rings is 1. The van der Waals surface area contributed by atoms with Gasteiger partial charge in [-0.1, -0.05) is 39.8 Å². The molecule has 0 bridgehead atoms. The van der Waals surface area contributed by atoms with Crippen LogP contribution in [-0.4, -0.2) is 48.4 Å². The van der Waals surface area contributed by atoms with Gasteiger partial charge < -0.3 is 15.0 Å². The number of carbonyl (C=O) groups excluding carboxylic acids is 3. The monoisotopic (exact) mass is 360 g/mol. The van der Waals surface area contributed by atoms with Crippen molar-refractivity contribution < 1.29 is 19.1 Å². The van der Waals surface area contributed by atoms with E-state index in [4.69, 9.17) is 4.74 Å². The topological polar surface area (TPSA) is 75.7 Å². The molecular weight excluding hydrogens is 332 g/mol. The summed E-state index contributed by atoms with van der Waals surface area (Å²) in [5.41, 5.74) is 1.66. The third-order valence-electron chi connectivity index (χ3n) is 4.35. The summed E-state index contributed by atoms with van der Waals surface area (Å²) in [7, 11) is 0. The van der Waals surface area contributed by atoms with Crippen LogP contribution in [0, 0.1) is 5.92 Å². The lowest BCUT2D eigenvalue weighted by molar-refractivity contribution is -0.148. The van der Waals surface area contributed by atoms with Gasteiger partial charge in [0.05, 0.1) is 13.0 Å². The number of esters is 1. The van der Waals surface area contributed by atoms with Crippen molar-refractivity contribution in [2.24, 2.45) is 5.92 Å². The summed E-state index contributed by atoms with van der Waals surface area (Å²) < 4.78 is 5.17. The van der Waals surface area contributed by atoms with Crippen LogP contribution >= 0.6 is 0 Å². The minimum absolute atomic E-state index is 0.131. The zero-order chi connectivity index (χ0) is 19.3. The van der Waals surface area contributed by atoms with Crippen LogP contribution in [0.25, 0.3) is 0 Å². The highest BCUT2D eigenvalue weighted by Gasteiger charge is 2.35. The van der Waals surface area contributed by atoms with Crippen LogP contribution in [0.3, 0.4) is 0 Å². The molecule has 2 rings (SSSR count). The van der Waals surface area contributed by atoms with E-state index in [9.17, 15) is 14.4 Å². The van der Waals surface area contributed by atoms with E-state index in [1.165, 1.54) is 4.90 Å². The van der Waals surface area contributed by atoms with Crippen molar-refractivity contribution in [3.05, 3.63) is 35.4 Å². The van der Waals surface area contributed by atoms with E-state index in [0.717, 1.165) is 5.56 Å². The van der Waals surface area contributed by atoms with Crippen LogP contribution in [0.1, 0.15) is 56.0 Å². The maximum absolute atomic E-state index is 12.9. The molecule has 0 spiro atoms. The lowest BCUT2D eigenvalue weighted by Crippen LogP contribution is -2.57. The Bertz CT molecular complexity index is 652. The second-order valence-electron chi connectivity index (χ2n) is 7.36. The van der Waals surface area contributed by atoms with Gasteiger partial charge in [0.25, 0.3) is 5.91 Å². The lowest BCUT2D eigenvalue weighted by Gasteiger charge is -2.34. The van der Waals surface area contributed by atoms with E-state index in [1.54, 1.807) is 12.1 Å². The molecule has 2 amide bonds. The molecule has 1 saturated heterocycles. The third-order valence-corrected chi connectivity index (χ3v) is 4.35. The zero-order valence-corrected chi connectivity index (χ0v) is 16.0. The number of hydrogen-bond donors (Lipinski definition) is 1. The fourth-order valence-corrected chi connectivity index (χ4v) is 2.81. The quantitative estimate of drug-likeness (QED) is 0.790. The molecule has 0 aromatic heterocycles. The number of ether oxygens (including phenoxy) is 1. The van der Waals surface area contributed by atoms with Crippen molar-refractivity contribution in [2.45, 2.75) is 46.1 Å². The molecule has 1 N–H and O–H groups in total. The van der Waals surface area contributed by atoms with E-state index >= 15 is 0 Å². The molecule has 142 valence electrons. The van der Waals surface area contributed by atoms with Crippen molar-refractivity contribution in [2.75, 3.05) is 19.7 Å². The molecule has 1 unspecified atom stereocenters. The highest BCUT2D eigenvalue weighted by molar-refractivity contribution is 5.99. The zero-order valence-electron chi connectivity index (χ0n) is 16.0. The second kappa shape index (κ2) is 8.83. The van der Waals surface area contributed by atoms with Crippen LogP contribution in [0.4, 0.5) is 0 Å². The minimum Gasteiger partial charge on any atom is -0.465 e. The fourth-order valence-electron chi connectivity index (χ4n) is 2.81. The summed E-state index contributed by atoms with van der Waals surface area (Å²) in [5.74, 6) is -0.421. The molecular formula is C20H28N2O4. The molecule has 1 heterocycles. The Labute approximate surface area is 154 Å². The van der Waals surface area contributed by atoms with Gasteiger partial charge in [-0.3, -0.25) is 14.4 Å². The lowest BCUT2D eigenvalue weighted by atomic mass is 10.0. The Balaban J connectivity index is 2.11. The fraction of sp³-hybridized carbons (Fsp3) is 0.550. The predicted molar refractivity (Wildman–Crippen MR) is 98.8 cm³/mol. The second-order valence-corrected chi connectivity index (χ2v) is 7.36. The Morgan fingerprint density at radius 3 is 2.42 bits per heavy atom. The molecule has 0 aliphatic carbocycles. The van der Waals surface area contributed by atoms with Crippen molar-refractivity contribution in [1.29, 1.82) is 0 Å². The molecule has 1 fully saturated rings. The average Bonchev–Trinajstić information content (AvgIpc) is 2.61. The molecule has 6 heteroatoms. The van der Waals surface area contributed by atoms with Gasteiger partial charge >= 0.3 is 5.97 Å². The number of hydrogen-bond acceptors (Lipinski definition) is 4. The Morgan fingerprint density at radius 1 is 1.19 bits per heavy atom. The minimum atomic E-state index is -0.833. The molecule has 0 radical (unpaired) electrons. The van der Waals surface area contributed by atoms with Crippen molar-refractivity contribution in [1.82, 2.24) is 10.2 Å². The molecule has 26 heavy (non-hydrogen) atoms. The summed E-state index contributed by atoms with van der Waals surface area (Å²) >= 11 is 0. The average molecular weight is 360 g/mol. The third kappa shape index (κ3) is 5.07. The van der Waals surface area contributed by atoms with Gasteiger partial charge in [-0.05, 0) is 29.5 Å². The largest absolute Gasteiger partial charge is 0.465 e. The van der Waals surface area contributed by atoms with Gasteiger partial charge in [-0.15, -0.1) is 0 Å². The number of rotatable bonds is 6. The van der Waals surface area contributed by atoms with Crippen LogP contribution in [0.5, 0.6) is 0 Å². The van der Waals surface area contributed by atoms with Gasteiger partial charge in [-0.2, -0.15) is 0 Å². The SMILES string of the molecule is CC(C)COC(=O)CC1C(=O)NCCN1C(=O)c1ccc(C(C)C)cc1. The first-order valence-corrected chi connectivity index (χ1v) is 9.13. The maximum atomic E-state index is 12.9. The van der Waals surface area contributed by atoms with Crippen molar-refractivity contribution in [3.8, 4) is 0 Å². The Kier molecular flexibility index (Phi) is 6.77. The predicted octanol–water partition coefficient (Wildman–Crippen LogP) is 2.34. The highest BCUT2D eigenvalue weighted by atomic mass is 16.5. The van der Waals surface area contributed by atoms with Crippen LogP contribution in [-0.2, 0) is 14.3 Å². The van der Waals surface area contributed by atoms with Crippen LogP contribution in [0.15, 0.2) is 24.3 Å². The van der Waals surface area contributed by atoms with Gasteiger partial charge in [0.2, 0.25) is 5.91 Å². The Hall–Kier alpha value is -2.37. The van der Waals surface area contributed by atoms with Crippen molar-refractivity contribution >= 4 is 17.8 Å². The number of nitrogens with one attached hydrogen (secondary N) is 1. The van der Waals surface area contributed by atoms with Gasteiger partial charge in [0.1, 0.15) is 6.04 Å². The molecule has 1 atom stereocenters. The first-order chi connectivity index (χ1) is 12.3. The molecule has 1 aliphatic heterocycles. The summed E-state index contributed by atoms with van der Waals surface area (Å²) in [6, 6.07) is 6.57. The van der Waals surface area contributed by atoms with E-state index in [1.807, 2.05) is 26.0 Å². The van der Waals surface area contributed by atoms with Crippen molar-refractivity contribution in [3.63, 3.8) is 0 Å². The standard InChI is InChI=1S/C20H28N2O4/c1-13(2)12-26-18(23)11-17-19(24)21-9-10-22(17)20(25)16-7-5-15(6-8-16)14(3)4/h5-8,13-14,17H,9-12H2,1-4H3,(H,21,24).